The van der Waals surface area contributed by atoms with E-state index in [9.17, 15) is 0 Å². The molecule has 2 aromatic rings. The van der Waals surface area contributed by atoms with Crippen LogP contribution in [0.2, 0.25) is 0 Å². The lowest BCUT2D eigenvalue weighted by atomic mass is 10.2. The second-order valence-corrected chi connectivity index (χ2v) is 6.66. The molecule has 66 valence electrons. The Morgan fingerprint density at radius 2 is 1.77 bits per heavy atom. The molecule has 1 aromatic carbocycles. The summed E-state index contributed by atoms with van der Waals surface area (Å²) < 4.78 is 2.23. The molecular weight excluding hydrogens is 331 g/mol. The van der Waals surface area contributed by atoms with Crippen LogP contribution in [0.25, 0.3) is 10.4 Å². The third-order valence-electron chi connectivity index (χ3n) is 1.59. The van der Waals surface area contributed by atoms with E-state index in [0.29, 0.717) is 0 Å². The van der Waals surface area contributed by atoms with Gasteiger partial charge in [-0.25, -0.2) is 0 Å². The first-order valence-electron chi connectivity index (χ1n) is 3.62. The monoisotopic (exact) mass is 336 g/mol. The van der Waals surface area contributed by atoms with Gasteiger partial charge in [-0.3, -0.25) is 0 Å². The number of hydrogen-bond acceptors (Lipinski definition) is 3. The Morgan fingerprint density at radius 1 is 1.08 bits per heavy atom. The molecule has 0 saturated carbocycles. The summed E-state index contributed by atoms with van der Waals surface area (Å²) >= 11 is 7.39. The molecule has 0 spiro atoms. The average molecular weight is 336 g/mol. The third-order valence-corrected chi connectivity index (χ3v) is 5.22. The van der Waals surface area contributed by atoms with Gasteiger partial charge in [0.1, 0.15) is 3.82 Å². The van der Waals surface area contributed by atoms with Crippen molar-refractivity contribution in [1.29, 1.82) is 0 Å². The standard InChI is InChI=1S/C9H5IS3/c10-7-3-1-6(2-4-7)8-5-9(11)13-12-8/h1-5H. The molecule has 4 heteroatoms. The maximum Gasteiger partial charge on any atom is 0.102 e. The van der Waals surface area contributed by atoms with Crippen molar-refractivity contribution in [2.24, 2.45) is 0 Å². The molecule has 0 N–H and O–H groups in total. The van der Waals surface area contributed by atoms with Crippen molar-refractivity contribution >= 4 is 55.5 Å². The van der Waals surface area contributed by atoms with Crippen LogP contribution in [0.4, 0.5) is 0 Å². The van der Waals surface area contributed by atoms with E-state index >= 15 is 0 Å². The van der Waals surface area contributed by atoms with E-state index in [2.05, 4.69) is 52.9 Å². The van der Waals surface area contributed by atoms with Crippen molar-refractivity contribution in [1.82, 2.24) is 0 Å². The summed E-state index contributed by atoms with van der Waals surface area (Å²) in [5.74, 6) is 0. The summed E-state index contributed by atoms with van der Waals surface area (Å²) in [7, 11) is 3.40. The van der Waals surface area contributed by atoms with Crippen molar-refractivity contribution in [3.05, 3.63) is 37.7 Å². The maximum atomic E-state index is 5.09. The molecule has 0 saturated heterocycles. The molecule has 0 nitrogen and oxygen atoms in total. The second-order valence-electron chi connectivity index (χ2n) is 2.50. The van der Waals surface area contributed by atoms with Crippen LogP contribution in [0.3, 0.4) is 0 Å². The van der Waals surface area contributed by atoms with Crippen LogP contribution in [0.15, 0.2) is 30.3 Å². The summed E-state index contributed by atoms with van der Waals surface area (Å²) in [5, 5.41) is 0. The van der Waals surface area contributed by atoms with Gasteiger partial charge in [0, 0.05) is 8.45 Å². The van der Waals surface area contributed by atoms with E-state index in [4.69, 9.17) is 12.2 Å². The second kappa shape index (κ2) is 4.16. The number of hydrogen-bond donors (Lipinski definition) is 0. The molecular formula is C9H5IS3. The minimum absolute atomic E-state index is 0.971. The fraction of sp³-hybridized carbons (Fsp3) is 0. The molecule has 1 aromatic heterocycles. The Morgan fingerprint density at radius 3 is 2.31 bits per heavy atom. The molecule has 0 aliphatic carbocycles. The third kappa shape index (κ3) is 2.37. The molecule has 1 heterocycles. The molecule has 13 heavy (non-hydrogen) atoms. The van der Waals surface area contributed by atoms with Crippen molar-refractivity contribution in [3.8, 4) is 10.4 Å². The normalized spacial score (nSPS) is 10.2. The van der Waals surface area contributed by atoms with Crippen LogP contribution in [-0.2, 0) is 0 Å². The van der Waals surface area contributed by atoms with Crippen LogP contribution < -0.4 is 0 Å². The molecule has 0 aliphatic rings. The molecule has 2 rings (SSSR count). The molecule has 0 amide bonds. The zero-order valence-electron chi connectivity index (χ0n) is 6.49. The summed E-state index contributed by atoms with van der Waals surface area (Å²) in [5.41, 5.74) is 1.26. The number of benzene rings is 1. The van der Waals surface area contributed by atoms with Crippen LogP contribution in [0.1, 0.15) is 0 Å². The Bertz CT molecular complexity index is 452. The minimum atomic E-state index is 0.971. The van der Waals surface area contributed by atoms with Gasteiger partial charge in [0.05, 0.1) is 0 Å². The average Bonchev–Trinajstić information content (AvgIpc) is 2.53. The zero-order valence-corrected chi connectivity index (χ0v) is 11.1. The van der Waals surface area contributed by atoms with Gasteiger partial charge in [-0.15, -0.1) is 0 Å². The highest BCUT2D eigenvalue weighted by atomic mass is 127. The first-order chi connectivity index (χ1) is 6.25. The summed E-state index contributed by atoms with van der Waals surface area (Å²) in [4.78, 5) is 1.27. The van der Waals surface area contributed by atoms with Crippen molar-refractivity contribution < 1.29 is 0 Å². The van der Waals surface area contributed by atoms with Crippen molar-refractivity contribution in [3.63, 3.8) is 0 Å². The van der Waals surface area contributed by atoms with Gasteiger partial charge < -0.3 is 0 Å². The molecule has 0 unspecified atom stereocenters. The van der Waals surface area contributed by atoms with Crippen LogP contribution >= 0.6 is 55.5 Å². The van der Waals surface area contributed by atoms with Crippen molar-refractivity contribution in [2.45, 2.75) is 0 Å². The fourth-order valence-electron chi connectivity index (χ4n) is 0.987. The largest absolute Gasteiger partial charge is 0.102 e. The summed E-state index contributed by atoms with van der Waals surface area (Å²) in [6.45, 7) is 0. The fourth-order valence-corrected chi connectivity index (χ4v) is 3.75. The van der Waals surface area contributed by atoms with Gasteiger partial charge >= 0.3 is 0 Å². The van der Waals surface area contributed by atoms with E-state index < -0.39 is 0 Å². The Hall–Kier alpha value is 0.220. The van der Waals surface area contributed by atoms with E-state index in [1.807, 2.05) is 0 Å². The van der Waals surface area contributed by atoms with Crippen LogP contribution in [0, 0.1) is 7.39 Å². The van der Waals surface area contributed by atoms with Crippen LogP contribution in [-0.4, -0.2) is 0 Å². The predicted molar refractivity (Wildman–Crippen MR) is 71.2 cm³/mol. The highest BCUT2D eigenvalue weighted by Crippen LogP contribution is 2.29. The number of halogens is 1. The smallest absolute Gasteiger partial charge is 0.0786 e. The van der Waals surface area contributed by atoms with Crippen molar-refractivity contribution in [2.75, 3.05) is 0 Å². The summed E-state index contributed by atoms with van der Waals surface area (Å²) in [6.07, 6.45) is 0. The highest BCUT2D eigenvalue weighted by Gasteiger charge is 1.99. The van der Waals surface area contributed by atoms with Gasteiger partial charge in [0.2, 0.25) is 0 Å². The molecule has 0 bridgehead atoms. The quantitative estimate of drug-likeness (QED) is 0.409. The zero-order chi connectivity index (χ0) is 9.26. The highest BCUT2D eigenvalue weighted by molar-refractivity contribution is 14.1. The van der Waals surface area contributed by atoms with Gasteiger partial charge in [0.25, 0.3) is 0 Å². The molecule has 0 aliphatic heterocycles. The lowest BCUT2D eigenvalue weighted by Gasteiger charge is -1.95. The van der Waals surface area contributed by atoms with Crippen LogP contribution in [0.5, 0.6) is 0 Å². The van der Waals surface area contributed by atoms with Gasteiger partial charge in [0.15, 0.2) is 0 Å². The molecule has 0 fully saturated rings. The summed E-state index contributed by atoms with van der Waals surface area (Å²) in [6, 6.07) is 10.6. The Labute approximate surface area is 103 Å². The molecule has 0 atom stereocenters. The van der Waals surface area contributed by atoms with E-state index in [0.717, 1.165) is 3.82 Å². The molecule has 0 radical (unpaired) electrons. The van der Waals surface area contributed by atoms with Gasteiger partial charge in [-0.05, 0) is 46.4 Å². The first-order valence-corrected chi connectivity index (χ1v) is 7.25. The van der Waals surface area contributed by atoms with E-state index in [1.54, 1.807) is 20.7 Å². The Kier molecular flexibility index (Phi) is 3.13. The van der Waals surface area contributed by atoms with E-state index in [-0.39, 0.29) is 0 Å². The van der Waals surface area contributed by atoms with Gasteiger partial charge in [-0.2, -0.15) is 0 Å². The Balaban J connectivity index is 2.47. The SMILES string of the molecule is S=c1cc(-c2ccc(I)cc2)ss1. The van der Waals surface area contributed by atoms with Gasteiger partial charge in [-0.1, -0.05) is 45.0 Å². The number of rotatable bonds is 1. The lowest BCUT2D eigenvalue weighted by Crippen LogP contribution is -1.72. The lowest BCUT2D eigenvalue weighted by molar-refractivity contribution is 1.64. The maximum absolute atomic E-state index is 5.09. The predicted octanol–water partition coefficient (Wildman–Crippen LogP) is 4.81. The minimum Gasteiger partial charge on any atom is -0.0786 e. The van der Waals surface area contributed by atoms with E-state index in [1.165, 1.54) is 14.0 Å². The topological polar surface area (TPSA) is 0 Å². The first kappa shape index (κ1) is 9.76.